The summed E-state index contributed by atoms with van der Waals surface area (Å²) >= 11 is -1.21. The van der Waals surface area contributed by atoms with Crippen molar-refractivity contribution >= 4 is 17.6 Å². The van der Waals surface area contributed by atoms with E-state index >= 15 is 0 Å². The minimum Gasteiger partial charge on any atom is -0.591 e. The summed E-state index contributed by atoms with van der Waals surface area (Å²) in [5, 5.41) is 8.95. The van der Waals surface area contributed by atoms with Gasteiger partial charge in [-0.05, 0) is 39.3 Å². The van der Waals surface area contributed by atoms with E-state index < -0.39 is 11.4 Å². The molecule has 2 heterocycles. The van der Waals surface area contributed by atoms with Crippen molar-refractivity contribution in [1.29, 1.82) is 5.26 Å². The largest absolute Gasteiger partial charge is 0.591 e. The second kappa shape index (κ2) is 4.79. The summed E-state index contributed by atoms with van der Waals surface area (Å²) in [6.45, 7) is 6.56. The standard InChI is InChI=1S/C13H17N3OS/c1-13(2,3)18(17)15-9-10-6-7-16-11(8-14)4-5-12(10)16/h4-5,9-10H,6-7H2,1-3H3/b15-9-/t10?,18-/m0/s1. The van der Waals surface area contributed by atoms with Crippen LogP contribution in [-0.2, 0) is 17.9 Å². The first-order chi connectivity index (χ1) is 8.43. The number of hydrogen-bond donors (Lipinski definition) is 0. The third-order valence-corrected chi connectivity index (χ3v) is 4.39. The Bertz CT molecular complexity index is 507. The number of aromatic nitrogens is 1. The van der Waals surface area contributed by atoms with Gasteiger partial charge in [0, 0.05) is 18.2 Å². The Balaban J connectivity index is 2.13. The van der Waals surface area contributed by atoms with Crippen molar-refractivity contribution in [2.45, 2.75) is 44.4 Å². The van der Waals surface area contributed by atoms with Gasteiger partial charge in [-0.25, -0.2) is 0 Å². The van der Waals surface area contributed by atoms with Gasteiger partial charge in [-0.1, -0.05) is 4.40 Å². The van der Waals surface area contributed by atoms with Crippen LogP contribution in [0.2, 0.25) is 0 Å². The van der Waals surface area contributed by atoms with Gasteiger partial charge in [-0.15, -0.1) is 0 Å². The Morgan fingerprint density at radius 3 is 2.89 bits per heavy atom. The molecule has 0 saturated carbocycles. The van der Waals surface area contributed by atoms with E-state index in [1.165, 1.54) is 0 Å². The van der Waals surface area contributed by atoms with Crippen LogP contribution < -0.4 is 0 Å². The topological polar surface area (TPSA) is 64.1 Å². The molecular formula is C13H17N3OS. The number of nitrogens with zero attached hydrogens (tertiary/aromatic N) is 3. The average Bonchev–Trinajstić information content (AvgIpc) is 2.85. The summed E-state index contributed by atoms with van der Waals surface area (Å²) in [5.74, 6) is 0.179. The maximum atomic E-state index is 11.8. The fraction of sp³-hybridized carbons (Fsp3) is 0.538. The van der Waals surface area contributed by atoms with Gasteiger partial charge in [0.1, 0.15) is 27.9 Å². The van der Waals surface area contributed by atoms with E-state index in [1.54, 1.807) is 6.21 Å². The van der Waals surface area contributed by atoms with Crippen LogP contribution in [-0.4, -0.2) is 20.1 Å². The molecule has 1 unspecified atom stereocenters. The molecular weight excluding hydrogens is 246 g/mol. The maximum Gasteiger partial charge on any atom is 0.144 e. The SMILES string of the molecule is CC(C)(C)[S@+]([O-])/N=C\C1CCn2c(C#N)ccc21. The van der Waals surface area contributed by atoms with E-state index in [9.17, 15) is 4.55 Å². The average molecular weight is 263 g/mol. The fourth-order valence-corrected chi connectivity index (χ4v) is 2.58. The molecule has 0 bridgehead atoms. The van der Waals surface area contributed by atoms with E-state index in [2.05, 4.69) is 10.5 Å². The van der Waals surface area contributed by atoms with Gasteiger partial charge >= 0.3 is 0 Å². The Labute approximate surface area is 111 Å². The van der Waals surface area contributed by atoms with Crippen molar-refractivity contribution in [2.75, 3.05) is 0 Å². The van der Waals surface area contributed by atoms with Gasteiger partial charge < -0.3 is 9.12 Å². The minimum absolute atomic E-state index is 0.179. The normalized spacial score (nSPS) is 20.9. The van der Waals surface area contributed by atoms with E-state index in [0.717, 1.165) is 18.7 Å². The monoisotopic (exact) mass is 263 g/mol. The molecule has 0 N–H and O–H groups in total. The lowest BCUT2D eigenvalue weighted by atomic mass is 10.1. The Hall–Kier alpha value is -1.25. The molecule has 2 rings (SSSR count). The third-order valence-electron chi connectivity index (χ3n) is 3.03. The smallest absolute Gasteiger partial charge is 0.144 e. The van der Waals surface area contributed by atoms with E-state index in [1.807, 2.05) is 37.5 Å². The van der Waals surface area contributed by atoms with Crippen molar-refractivity contribution in [1.82, 2.24) is 4.57 Å². The molecule has 2 atom stereocenters. The molecule has 0 aromatic carbocycles. The molecule has 0 saturated heterocycles. The van der Waals surface area contributed by atoms with Crippen LogP contribution in [0.1, 0.15) is 44.5 Å². The molecule has 0 aliphatic carbocycles. The lowest BCUT2D eigenvalue weighted by Gasteiger charge is -2.18. The number of nitriles is 1. The van der Waals surface area contributed by atoms with Crippen molar-refractivity contribution in [2.24, 2.45) is 4.40 Å². The zero-order valence-electron chi connectivity index (χ0n) is 10.9. The van der Waals surface area contributed by atoms with Gasteiger partial charge in [-0.2, -0.15) is 5.26 Å². The second-order valence-corrected chi connectivity index (χ2v) is 7.35. The van der Waals surface area contributed by atoms with Crippen LogP contribution in [0.3, 0.4) is 0 Å². The molecule has 1 aliphatic heterocycles. The van der Waals surface area contributed by atoms with Crippen LogP contribution in [0.25, 0.3) is 0 Å². The zero-order valence-corrected chi connectivity index (χ0v) is 11.7. The van der Waals surface area contributed by atoms with Gasteiger partial charge in [0.15, 0.2) is 0 Å². The summed E-state index contributed by atoms with van der Waals surface area (Å²) in [6.07, 6.45) is 2.71. The summed E-state index contributed by atoms with van der Waals surface area (Å²) in [4.78, 5) is 0. The van der Waals surface area contributed by atoms with Gasteiger partial charge in [-0.3, -0.25) is 0 Å². The lowest BCUT2D eigenvalue weighted by Crippen LogP contribution is -2.26. The Morgan fingerprint density at radius 1 is 1.56 bits per heavy atom. The molecule has 0 spiro atoms. The highest BCUT2D eigenvalue weighted by molar-refractivity contribution is 7.91. The quantitative estimate of drug-likeness (QED) is 0.607. The molecule has 96 valence electrons. The molecule has 0 fully saturated rings. The summed E-state index contributed by atoms with van der Waals surface area (Å²) in [6, 6.07) is 5.97. The Morgan fingerprint density at radius 2 is 2.28 bits per heavy atom. The molecule has 4 nitrogen and oxygen atoms in total. The number of rotatable bonds is 2. The molecule has 0 radical (unpaired) electrons. The maximum absolute atomic E-state index is 11.8. The summed E-state index contributed by atoms with van der Waals surface area (Å²) in [7, 11) is 0. The molecule has 1 aromatic heterocycles. The van der Waals surface area contributed by atoms with Crippen LogP contribution in [0.5, 0.6) is 0 Å². The van der Waals surface area contributed by atoms with Crippen LogP contribution in [0.4, 0.5) is 0 Å². The second-order valence-electron chi connectivity index (χ2n) is 5.42. The van der Waals surface area contributed by atoms with E-state index in [-0.39, 0.29) is 10.7 Å². The molecule has 18 heavy (non-hydrogen) atoms. The summed E-state index contributed by atoms with van der Waals surface area (Å²) < 4.78 is 17.7. The van der Waals surface area contributed by atoms with Crippen LogP contribution in [0, 0.1) is 11.3 Å². The molecule has 1 aromatic rings. The van der Waals surface area contributed by atoms with E-state index in [4.69, 9.17) is 5.26 Å². The highest BCUT2D eigenvalue weighted by Gasteiger charge is 2.28. The predicted molar refractivity (Wildman–Crippen MR) is 72.9 cm³/mol. The van der Waals surface area contributed by atoms with Crippen molar-refractivity contribution in [3.05, 3.63) is 23.5 Å². The van der Waals surface area contributed by atoms with Crippen LogP contribution in [0.15, 0.2) is 16.5 Å². The van der Waals surface area contributed by atoms with Gasteiger partial charge in [0.05, 0.1) is 6.21 Å². The zero-order chi connectivity index (χ0) is 13.3. The van der Waals surface area contributed by atoms with Gasteiger partial charge in [0.25, 0.3) is 0 Å². The first kappa shape index (κ1) is 13.2. The van der Waals surface area contributed by atoms with Gasteiger partial charge in [0.2, 0.25) is 0 Å². The highest BCUT2D eigenvalue weighted by Crippen LogP contribution is 2.29. The summed E-state index contributed by atoms with van der Waals surface area (Å²) in [5.41, 5.74) is 1.79. The molecule has 1 aliphatic rings. The first-order valence-corrected chi connectivity index (χ1v) is 7.10. The molecule has 5 heteroatoms. The Kier molecular flexibility index (Phi) is 3.51. The van der Waals surface area contributed by atoms with Crippen molar-refractivity contribution < 1.29 is 4.55 Å². The number of fused-ring (bicyclic) bond motifs is 1. The minimum atomic E-state index is -1.21. The number of hydrogen-bond acceptors (Lipinski definition) is 3. The highest BCUT2D eigenvalue weighted by atomic mass is 32.2. The van der Waals surface area contributed by atoms with E-state index in [0.29, 0.717) is 5.69 Å². The first-order valence-electron chi connectivity index (χ1n) is 5.99. The van der Waals surface area contributed by atoms with Crippen molar-refractivity contribution in [3.8, 4) is 6.07 Å². The molecule has 0 amide bonds. The fourth-order valence-electron chi connectivity index (χ4n) is 2.01. The predicted octanol–water partition coefficient (Wildman–Crippen LogP) is 2.38. The lowest BCUT2D eigenvalue weighted by molar-refractivity contribution is 0.561. The van der Waals surface area contributed by atoms with Crippen LogP contribution >= 0.6 is 0 Å². The van der Waals surface area contributed by atoms with Crippen molar-refractivity contribution in [3.63, 3.8) is 0 Å². The third kappa shape index (κ3) is 2.45.